The van der Waals surface area contributed by atoms with Gasteiger partial charge in [-0.25, -0.2) is 4.98 Å². The summed E-state index contributed by atoms with van der Waals surface area (Å²) in [5, 5.41) is 3.50. The Morgan fingerprint density at radius 1 is 1.31 bits per heavy atom. The van der Waals surface area contributed by atoms with E-state index in [-0.39, 0.29) is 0 Å². The maximum absolute atomic E-state index is 5.54. The van der Waals surface area contributed by atoms with Gasteiger partial charge in [-0.1, -0.05) is 26.7 Å². The predicted octanol–water partition coefficient (Wildman–Crippen LogP) is 3.35. The molecule has 3 heteroatoms. The van der Waals surface area contributed by atoms with Crippen molar-refractivity contribution in [1.82, 2.24) is 10.3 Å². The number of nitrogens with zero attached hydrogens (tertiary/aromatic N) is 1. The van der Waals surface area contributed by atoms with E-state index in [1.807, 2.05) is 13.8 Å². The summed E-state index contributed by atoms with van der Waals surface area (Å²) in [6.07, 6.45) is 4.95. The number of nitrogens with one attached hydrogen (secondary N) is 1. The van der Waals surface area contributed by atoms with Crippen LogP contribution in [0, 0.1) is 13.8 Å². The molecular formula is C13H24N2O. The standard InChI is InChI=1S/C13H24N2O/c1-5-7-8-12(6-2)14-9-13-15-10(3)11(4)16-13/h12,14H,5-9H2,1-4H3. The molecular weight excluding hydrogens is 200 g/mol. The molecule has 0 saturated heterocycles. The fourth-order valence-electron chi connectivity index (χ4n) is 1.75. The summed E-state index contributed by atoms with van der Waals surface area (Å²) >= 11 is 0. The summed E-state index contributed by atoms with van der Waals surface area (Å²) in [6, 6.07) is 0.590. The van der Waals surface area contributed by atoms with Crippen LogP contribution >= 0.6 is 0 Å². The van der Waals surface area contributed by atoms with Crippen molar-refractivity contribution in [2.24, 2.45) is 0 Å². The molecule has 1 unspecified atom stereocenters. The normalized spacial score (nSPS) is 13.0. The number of hydrogen-bond donors (Lipinski definition) is 1. The highest BCUT2D eigenvalue weighted by Crippen LogP contribution is 2.09. The first-order chi connectivity index (χ1) is 7.67. The van der Waals surface area contributed by atoms with Gasteiger partial charge in [0.05, 0.1) is 12.2 Å². The van der Waals surface area contributed by atoms with E-state index >= 15 is 0 Å². The average Bonchev–Trinajstić information content (AvgIpc) is 2.59. The van der Waals surface area contributed by atoms with Crippen LogP contribution < -0.4 is 5.32 Å². The van der Waals surface area contributed by atoms with Gasteiger partial charge in [-0.15, -0.1) is 0 Å². The zero-order valence-corrected chi connectivity index (χ0v) is 11.0. The molecule has 16 heavy (non-hydrogen) atoms. The lowest BCUT2D eigenvalue weighted by atomic mass is 10.1. The Balaban J connectivity index is 2.37. The highest BCUT2D eigenvalue weighted by Gasteiger charge is 2.08. The Labute approximate surface area is 98.6 Å². The molecule has 0 aliphatic rings. The lowest BCUT2D eigenvalue weighted by Gasteiger charge is -2.14. The predicted molar refractivity (Wildman–Crippen MR) is 66.4 cm³/mol. The summed E-state index contributed by atoms with van der Waals surface area (Å²) in [5.74, 6) is 1.74. The maximum Gasteiger partial charge on any atom is 0.208 e. The number of aryl methyl sites for hydroxylation is 2. The van der Waals surface area contributed by atoms with Gasteiger partial charge >= 0.3 is 0 Å². The Hall–Kier alpha value is -0.830. The average molecular weight is 224 g/mol. The molecule has 0 amide bonds. The van der Waals surface area contributed by atoms with E-state index in [9.17, 15) is 0 Å². The van der Waals surface area contributed by atoms with Gasteiger partial charge in [-0.3, -0.25) is 0 Å². The van der Waals surface area contributed by atoms with Gasteiger partial charge in [0.1, 0.15) is 5.76 Å². The third kappa shape index (κ3) is 3.97. The van der Waals surface area contributed by atoms with Crippen molar-refractivity contribution in [3.8, 4) is 0 Å². The van der Waals surface area contributed by atoms with Gasteiger partial charge in [0.15, 0.2) is 0 Å². The van der Waals surface area contributed by atoms with Crippen LogP contribution in [0.25, 0.3) is 0 Å². The summed E-state index contributed by atoms with van der Waals surface area (Å²) in [7, 11) is 0. The van der Waals surface area contributed by atoms with Gasteiger partial charge in [-0.05, 0) is 26.7 Å². The molecule has 1 N–H and O–H groups in total. The van der Waals surface area contributed by atoms with Crippen molar-refractivity contribution < 1.29 is 4.42 Å². The zero-order chi connectivity index (χ0) is 12.0. The molecule has 1 rings (SSSR count). The van der Waals surface area contributed by atoms with Crippen molar-refractivity contribution in [2.45, 2.75) is 66.0 Å². The Kier molecular flexibility index (Phi) is 5.53. The van der Waals surface area contributed by atoms with Crippen molar-refractivity contribution >= 4 is 0 Å². The molecule has 0 saturated carbocycles. The van der Waals surface area contributed by atoms with Crippen LogP contribution in [-0.4, -0.2) is 11.0 Å². The largest absolute Gasteiger partial charge is 0.444 e. The molecule has 3 nitrogen and oxygen atoms in total. The van der Waals surface area contributed by atoms with Gasteiger partial charge in [-0.2, -0.15) is 0 Å². The second-order valence-electron chi connectivity index (χ2n) is 4.38. The van der Waals surface area contributed by atoms with Gasteiger partial charge in [0, 0.05) is 6.04 Å². The SMILES string of the molecule is CCCCC(CC)NCc1nc(C)c(C)o1. The molecule has 0 fully saturated rings. The minimum Gasteiger partial charge on any atom is -0.444 e. The Morgan fingerprint density at radius 3 is 2.56 bits per heavy atom. The summed E-state index contributed by atoms with van der Waals surface area (Å²) < 4.78 is 5.54. The first-order valence-electron chi connectivity index (χ1n) is 6.33. The third-order valence-corrected chi connectivity index (χ3v) is 3.01. The Morgan fingerprint density at radius 2 is 2.06 bits per heavy atom. The fourth-order valence-corrected chi connectivity index (χ4v) is 1.75. The lowest BCUT2D eigenvalue weighted by Crippen LogP contribution is -2.27. The van der Waals surface area contributed by atoms with Gasteiger partial charge in [0.2, 0.25) is 5.89 Å². The quantitative estimate of drug-likeness (QED) is 0.772. The topological polar surface area (TPSA) is 38.1 Å². The minimum atomic E-state index is 0.590. The zero-order valence-electron chi connectivity index (χ0n) is 11.0. The molecule has 0 radical (unpaired) electrons. The Bertz CT molecular complexity index is 287. The first kappa shape index (κ1) is 13.2. The van der Waals surface area contributed by atoms with Crippen LogP contribution in [-0.2, 0) is 6.54 Å². The lowest BCUT2D eigenvalue weighted by molar-refractivity contribution is 0.398. The third-order valence-electron chi connectivity index (χ3n) is 3.01. The summed E-state index contributed by atoms with van der Waals surface area (Å²) in [6.45, 7) is 9.14. The van der Waals surface area contributed by atoms with Crippen LogP contribution in [0.5, 0.6) is 0 Å². The molecule has 0 spiro atoms. The van der Waals surface area contributed by atoms with Crippen molar-refractivity contribution in [3.05, 3.63) is 17.3 Å². The number of aromatic nitrogens is 1. The molecule has 1 aromatic rings. The highest BCUT2D eigenvalue weighted by atomic mass is 16.4. The molecule has 0 bridgehead atoms. The summed E-state index contributed by atoms with van der Waals surface area (Å²) in [4.78, 5) is 4.37. The summed E-state index contributed by atoms with van der Waals surface area (Å²) in [5.41, 5.74) is 0.999. The van der Waals surface area contributed by atoms with Crippen LogP contribution in [0.4, 0.5) is 0 Å². The number of rotatable bonds is 7. The second-order valence-corrected chi connectivity index (χ2v) is 4.38. The minimum absolute atomic E-state index is 0.590. The molecule has 0 aliphatic carbocycles. The second kappa shape index (κ2) is 6.69. The van der Waals surface area contributed by atoms with E-state index in [2.05, 4.69) is 24.1 Å². The van der Waals surface area contributed by atoms with E-state index in [0.29, 0.717) is 6.04 Å². The van der Waals surface area contributed by atoms with Crippen molar-refractivity contribution in [3.63, 3.8) is 0 Å². The molecule has 0 aliphatic heterocycles. The number of hydrogen-bond acceptors (Lipinski definition) is 3. The van der Waals surface area contributed by atoms with E-state index in [1.54, 1.807) is 0 Å². The first-order valence-corrected chi connectivity index (χ1v) is 6.33. The van der Waals surface area contributed by atoms with Crippen molar-refractivity contribution in [1.29, 1.82) is 0 Å². The molecule has 1 atom stereocenters. The van der Waals surface area contributed by atoms with Crippen molar-refractivity contribution in [2.75, 3.05) is 0 Å². The highest BCUT2D eigenvalue weighted by molar-refractivity contribution is 5.05. The van der Waals surface area contributed by atoms with E-state index in [4.69, 9.17) is 4.42 Å². The van der Waals surface area contributed by atoms with E-state index < -0.39 is 0 Å². The molecule has 1 aromatic heterocycles. The fraction of sp³-hybridized carbons (Fsp3) is 0.769. The maximum atomic E-state index is 5.54. The number of oxazole rings is 1. The van der Waals surface area contributed by atoms with E-state index in [0.717, 1.165) is 23.9 Å². The van der Waals surface area contributed by atoms with Gasteiger partial charge < -0.3 is 9.73 Å². The molecule has 1 heterocycles. The monoisotopic (exact) mass is 224 g/mol. The van der Waals surface area contributed by atoms with E-state index in [1.165, 1.54) is 25.7 Å². The van der Waals surface area contributed by atoms with Gasteiger partial charge in [0.25, 0.3) is 0 Å². The molecule has 0 aromatic carbocycles. The van der Waals surface area contributed by atoms with Crippen LogP contribution in [0.3, 0.4) is 0 Å². The smallest absolute Gasteiger partial charge is 0.208 e. The van der Waals surface area contributed by atoms with Crippen LogP contribution in [0.1, 0.15) is 56.9 Å². The number of unbranched alkanes of at least 4 members (excludes halogenated alkanes) is 1. The molecule has 92 valence electrons. The van der Waals surface area contributed by atoms with Crippen LogP contribution in [0.15, 0.2) is 4.42 Å². The van der Waals surface area contributed by atoms with Crippen LogP contribution in [0.2, 0.25) is 0 Å².